The highest BCUT2D eigenvalue weighted by Crippen LogP contribution is 2.37. The molecule has 5 heteroatoms. The molecule has 11 rings (SSSR count). The van der Waals surface area contributed by atoms with Crippen LogP contribution in [0.4, 0.5) is 0 Å². The van der Waals surface area contributed by atoms with E-state index >= 15 is 0 Å². The molecule has 0 radical (unpaired) electrons. The number of benzene rings is 7. The molecule has 286 valence electrons. The Morgan fingerprint density at radius 1 is 0.328 bits per heavy atom. The molecule has 0 spiro atoms. The zero-order valence-corrected chi connectivity index (χ0v) is 33.4. The van der Waals surface area contributed by atoms with Crippen molar-refractivity contribution in [3.05, 3.63) is 212 Å². The fourth-order valence-corrected chi connectivity index (χ4v) is 8.31. The van der Waals surface area contributed by atoms with Crippen molar-refractivity contribution in [3.63, 3.8) is 0 Å². The third-order valence-electron chi connectivity index (χ3n) is 11.5. The number of hydrogen-bond donors (Lipinski definition) is 0. The Morgan fingerprint density at radius 3 is 1.64 bits per heavy atom. The Bertz CT molecular complexity index is 3390. The Kier molecular flexibility index (Phi) is 8.98. The van der Waals surface area contributed by atoms with Crippen LogP contribution in [0.1, 0.15) is 5.69 Å². The Morgan fingerprint density at radius 2 is 0.918 bits per heavy atom. The average molecular weight is 780 g/mol. The normalized spacial score (nSPS) is 11.4. The second-order valence-corrected chi connectivity index (χ2v) is 15.4. The van der Waals surface area contributed by atoms with E-state index in [1.54, 1.807) is 0 Å². The number of nitrogens with zero attached hydrogens (tertiary/aromatic N) is 5. The van der Waals surface area contributed by atoms with Gasteiger partial charge in [0.15, 0.2) is 5.82 Å². The number of pyridine rings is 3. The van der Waals surface area contributed by atoms with Crippen LogP contribution in [-0.2, 0) is 0 Å². The van der Waals surface area contributed by atoms with Gasteiger partial charge < -0.3 is 0 Å². The van der Waals surface area contributed by atoms with E-state index in [1.807, 2.05) is 49.6 Å². The molecule has 0 aliphatic heterocycles. The highest BCUT2D eigenvalue weighted by molar-refractivity contribution is 6.09. The van der Waals surface area contributed by atoms with Crippen LogP contribution in [0.3, 0.4) is 0 Å². The molecule has 0 fully saturated rings. The maximum absolute atomic E-state index is 5.20. The summed E-state index contributed by atoms with van der Waals surface area (Å²) < 4.78 is 0. The Hall–Kier alpha value is -8.15. The van der Waals surface area contributed by atoms with Crippen LogP contribution in [0.15, 0.2) is 207 Å². The summed E-state index contributed by atoms with van der Waals surface area (Å²) in [6.45, 7) is 2.03. The average Bonchev–Trinajstić information content (AvgIpc) is 3.34. The lowest BCUT2D eigenvalue weighted by Crippen LogP contribution is -1.96. The topological polar surface area (TPSA) is 64.5 Å². The van der Waals surface area contributed by atoms with Gasteiger partial charge in [0, 0.05) is 56.5 Å². The number of aryl methyl sites for hydroxylation is 1. The van der Waals surface area contributed by atoms with Crippen LogP contribution in [0.2, 0.25) is 0 Å². The first kappa shape index (κ1) is 36.0. The fourth-order valence-electron chi connectivity index (χ4n) is 8.31. The SMILES string of the molecule is Cc1ccc2ccc3c(-c4ccc(-c5ccc(-c6cc(-c7ccccc7)nc(-c7cccc(-c8cccc9ccncc89)c7)n6)cc5)cc4)cc(-c4ccccc4)nc3c2n1. The smallest absolute Gasteiger partial charge is 0.160 e. The summed E-state index contributed by atoms with van der Waals surface area (Å²) in [5, 5.41) is 4.43. The second kappa shape index (κ2) is 15.2. The molecule has 0 unspecified atom stereocenters. The summed E-state index contributed by atoms with van der Waals surface area (Å²) in [5.41, 5.74) is 16.3. The van der Waals surface area contributed by atoms with Crippen LogP contribution < -0.4 is 0 Å². The van der Waals surface area contributed by atoms with Gasteiger partial charge >= 0.3 is 0 Å². The monoisotopic (exact) mass is 779 g/mol. The highest BCUT2D eigenvalue weighted by atomic mass is 14.9. The molecule has 0 atom stereocenters. The minimum atomic E-state index is 0.675. The predicted molar refractivity (Wildman–Crippen MR) is 251 cm³/mol. The van der Waals surface area contributed by atoms with Gasteiger partial charge in [0.05, 0.1) is 28.1 Å². The van der Waals surface area contributed by atoms with Gasteiger partial charge in [-0.2, -0.15) is 0 Å². The van der Waals surface area contributed by atoms with Crippen LogP contribution in [0, 0.1) is 6.92 Å². The van der Waals surface area contributed by atoms with Gasteiger partial charge in [-0.15, -0.1) is 0 Å². The van der Waals surface area contributed by atoms with Gasteiger partial charge in [-0.1, -0.05) is 164 Å². The third-order valence-corrected chi connectivity index (χ3v) is 11.5. The first-order chi connectivity index (χ1) is 30.1. The van der Waals surface area contributed by atoms with E-state index in [4.69, 9.17) is 19.9 Å². The summed E-state index contributed by atoms with van der Waals surface area (Å²) in [6, 6.07) is 67.9. The van der Waals surface area contributed by atoms with Crippen molar-refractivity contribution in [1.82, 2.24) is 24.9 Å². The number of fused-ring (bicyclic) bond motifs is 4. The lowest BCUT2D eigenvalue weighted by atomic mass is 9.95. The van der Waals surface area contributed by atoms with Gasteiger partial charge in [-0.25, -0.2) is 15.0 Å². The molecule has 0 aliphatic rings. The molecule has 0 aliphatic carbocycles. The maximum atomic E-state index is 5.20. The van der Waals surface area contributed by atoms with Gasteiger partial charge in [0.25, 0.3) is 0 Å². The molecule has 0 saturated carbocycles. The maximum Gasteiger partial charge on any atom is 0.160 e. The number of hydrogen-bond acceptors (Lipinski definition) is 5. The van der Waals surface area contributed by atoms with Gasteiger partial charge in [0.1, 0.15) is 0 Å². The van der Waals surface area contributed by atoms with Crippen LogP contribution >= 0.6 is 0 Å². The van der Waals surface area contributed by atoms with E-state index < -0.39 is 0 Å². The number of rotatable bonds is 7. The zero-order chi connectivity index (χ0) is 40.7. The summed E-state index contributed by atoms with van der Waals surface area (Å²) in [5.74, 6) is 0.675. The Labute approximate surface area is 353 Å². The molecule has 4 aromatic heterocycles. The zero-order valence-electron chi connectivity index (χ0n) is 33.4. The third kappa shape index (κ3) is 6.88. The highest BCUT2D eigenvalue weighted by Gasteiger charge is 2.16. The predicted octanol–water partition coefficient (Wildman–Crippen LogP) is 14.1. The Balaban J connectivity index is 0.949. The molecule has 0 amide bonds. The van der Waals surface area contributed by atoms with Gasteiger partial charge in [0.2, 0.25) is 0 Å². The van der Waals surface area contributed by atoms with Crippen molar-refractivity contribution in [2.45, 2.75) is 6.92 Å². The lowest BCUT2D eigenvalue weighted by molar-refractivity contribution is 1.18. The van der Waals surface area contributed by atoms with Crippen molar-refractivity contribution in [2.75, 3.05) is 0 Å². The van der Waals surface area contributed by atoms with Crippen LogP contribution in [-0.4, -0.2) is 24.9 Å². The van der Waals surface area contributed by atoms with E-state index in [1.165, 1.54) is 0 Å². The molecular formula is C56H37N5. The molecule has 4 heterocycles. The molecule has 0 bridgehead atoms. The molecule has 5 nitrogen and oxygen atoms in total. The van der Waals surface area contributed by atoms with Crippen molar-refractivity contribution in [3.8, 4) is 78.5 Å². The molecular weight excluding hydrogens is 743 g/mol. The minimum Gasteiger partial charge on any atom is -0.264 e. The fraction of sp³-hybridized carbons (Fsp3) is 0.0179. The van der Waals surface area contributed by atoms with Crippen molar-refractivity contribution < 1.29 is 0 Å². The standard InChI is InChI=1S/C56H37N5/c1-36-18-19-44-28-29-48-49(33-51(41-10-4-2-5-11-41)59-55(48)54(44)58-36)40-24-20-37(21-25-40)38-22-26-43(27-23-38)53-34-52(42-12-6-3-7-13-42)60-56(61-53)46-16-8-15-45(32-46)47-17-9-14-39-30-31-57-35-50(39)47/h2-35H,1H3. The van der Waals surface area contributed by atoms with Crippen LogP contribution in [0.25, 0.3) is 111 Å². The molecule has 7 aromatic carbocycles. The lowest BCUT2D eigenvalue weighted by Gasteiger charge is -2.13. The summed E-state index contributed by atoms with van der Waals surface area (Å²) in [7, 11) is 0. The summed E-state index contributed by atoms with van der Waals surface area (Å²) in [6.07, 6.45) is 3.77. The van der Waals surface area contributed by atoms with E-state index in [2.05, 4.69) is 169 Å². The van der Waals surface area contributed by atoms with Gasteiger partial charge in [-0.3, -0.25) is 9.97 Å². The van der Waals surface area contributed by atoms with Crippen LogP contribution in [0.5, 0.6) is 0 Å². The van der Waals surface area contributed by atoms with E-state index in [0.29, 0.717) is 5.82 Å². The minimum absolute atomic E-state index is 0.675. The molecule has 61 heavy (non-hydrogen) atoms. The van der Waals surface area contributed by atoms with Crippen molar-refractivity contribution in [2.24, 2.45) is 0 Å². The number of aromatic nitrogens is 5. The molecule has 0 N–H and O–H groups in total. The van der Waals surface area contributed by atoms with Crippen molar-refractivity contribution in [1.29, 1.82) is 0 Å². The summed E-state index contributed by atoms with van der Waals surface area (Å²) in [4.78, 5) is 24.9. The quantitative estimate of drug-likeness (QED) is 0.151. The first-order valence-corrected chi connectivity index (χ1v) is 20.5. The van der Waals surface area contributed by atoms with E-state index in [9.17, 15) is 0 Å². The molecule has 0 saturated heterocycles. The second-order valence-electron chi connectivity index (χ2n) is 15.4. The van der Waals surface area contributed by atoms with E-state index in [-0.39, 0.29) is 0 Å². The largest absolute Gasteiger partial charge is 0.264 e. The van der Waals surface area contributed by atoms with Crippen molar-refractivity contribution >= 4 is 32.6 Å². The first-order valence-electron chi connectivity index (χ1n) is 20.5. The molecule has 11 aromatic rings. The summed E-state index contributed by atoms with van der Waals surface area (Å²) >= 11 is 0. The van der Waals surface area contributed by atoms with Gasteiger partial charge in [-0.05, 0) is 76.0 Å². The van der Waals surface area contributed by atoms with E-state index in [0.717, 1.165) is 111 Å².